The van der Waals surface area contributed by atoms with Crippen molar-refractivity contribution < 1.29 is 62.2 Å². The van der Waals surface area contributed by atoms with Crippen LogP contribution in [0, 0.1) is 0 Å². The number of carbonyl (C=O) groups is 4. The zero-order valence-electron chi connectivity index (χ0n) is 20.1. The van der Waals surface area contributed by atoms with Crippen LogP contribution in [0.25, 0.3) is 11.0 Å². The van der Waals surface area contributed by atoms with E-state index in [1.165, 1.54) is 18.2 Å². The summed E-state index contributed by atoms with van der Waals surface area (Å²) in [5, 5.41) is 19.6. The number of rotatable bonds is 7. The zero-order chi connectivity index (χ0) is 27.4. The minimum Gasteiger partial charge on any atom is -0.504 e. The number of fused-ring (bicyclic) bond motifs is 1. The van der Waals surface area contributed by atoms with Crippen molar-refractivity contribution in [3.8, 4) is 17.2 Å². The third-order valence-corrected chi connectivity index (χ3v) is 5.03. The average molecular weight is 524 g/mol. The second-order valence-electron chi connectivity index (χ2n) is 7.93. The summed E-state index contributed by atoms with van der Waals surface area (Å²) < 4.78 is 37.5. The highest BCUT2D eigenvalue weighted by Gasteiger charge is 2.53. The van der Waals surface area contributed by atoms with E-state index in [0.29, 0.717) is 0 Å². The van der Waals surface area contributed by atoms with Gasteiger partial charge in [0.25, 0.3) is 0 Å². The molecule has 2 aromatic rings. The van der Waals surface area contributed by atoms with Gasteiger partial charge in [-0.1, -0.05) is 0 Å². The fraction of sp³-hybridized carbons (Fsp3) is 0.435. The summed E-state index contributed by atoms with van der Waals surface area (Å²) in [6, 6.07) is 3.77. The van der Waals surface area contributed by atoms with Gasteiger partial charge in [0.2, 0.25) is 18.1 Å². The minimum atomic E-state index is -1.52. The van der Waals surface area contributed by atoms with E-state index in [2.05, 4.69) is 0 Å². The summed E-state index contributed by atoms with van der Waals surface area (Å²) in [5.41, 5.74) is -1.36. The van der Waals surface area contributed by atoms with Crippen LogP contribution in [0.1, 0.15) is 27.7 Å². The number of esters is 4. The van der Waals surface area contributed by atoms with Gasteiger partial charge in [-0.2, -0.15) is 0 Å². The van der Waals surface area contributed by atoms with E-state index in [0.717, 1.165) is 27.7 Å². The van der Waals surface area contributed by atoms with Crippen LogP contribution in [0.3, 0.4) is 0 Å². The maximum atomic E-state index is 11.9. The monoisotopic (exact) mass is 524 g/mol. The van der Waals surface area contributed by atoms with E-state index in [-0.39, 0.29) is 16.7 Å². The van der Waals surface area contributed by atoms with Crippen LogP contribution in [-0.2, 0) is 42.9 Å². The van der Waals surface area contributed by atoms with Crippen LogP contribution in [0.15, 0.2) is 27.4 Å². The molecule has 0 amide bonds. The van der Waals surface area contributed by atoms with Crippen molar-refractivity contribution in [1.82, 2.24) is 0 Å². The molecule has 1 aromatic heterocycles. The van der Waals surface area contributed by atoms with Gasteiger partial charge in [-0.05, 0) is 12.1 Å². The number of carbonyl (C=O) groups excluding carboxylic acids is 4. The summed E-state index contributed by atoms with van der Waals surface area (Å²) >= 11 is 0. The van der Waals surface area contributed by atoms with Gasteiger partial charge in [0.05, 0.1) is 5.39 Å². The Hall–Kier alpha value is -4.33. The molecular weight excluding hydrogens is 500 g/mol. The highest BCUT2D eigenvalue weighted by molar-refractivity contribution is 5.86. The third kappa shape index (κ3) is 6.46. The summed E-state index contributed by atoms with van der Waals surface area (Å²) in [4.78, 5) is 58.7. The lowest BCUT2D eigenvalue weighted by atomic mass is 9.98. The Morgan fingerprint density at radius 1 is 0.838 bits per heavy atom. The van der Waals surface area contributed by atoms with Gasteiger partial charge in [-0.3, -0.25) is 19.2 Å². The Balaban J connectivity index is 2.04. The second-order valence-corrected chi connectivity index (χ2v) is 7.93. The molecular formula is C23H24O14. The summed E-state index contributed by atoms with van der Waals surface area (Å²) in [6.45, 7) is 3.94. The molecule has 2 heterocycles. The topological polar surface area (TPSA) is 194 Å². The molecule has 14 heteroatoms. The SMILES string of the molecule is CC(=O)OC[C@H]1O[C@H](Oc2ccc3c(O)c(O)c(=O)oc3c2)[C@@H](OC(C)=O)[C@@H](OC(C)=O)[C@@H]1OC(C)=O. The number of hydrogen-bond donors (Lipinski definition) is 2. The Morgan fingerprint density at radius 2 is 1.43 bits per heavy atom. The molecule has 0 radical (unpaired) electrons. The molecule has 37 heavy (non-hydrogen) atoms. The zero-order valence-corrected chi connectivity index (χ0v) is 20.1. The second kappa shape index (κ2) is 11.2. The van der Waals surface area contributed by atoms with E-state index in [1.807, 2.05) is 0 Å². The lowest BCUT2D eigenvalue weighted by Gasteiger charge is -2.43. The molecule has 0 saturated carbocycles. The van der Waals surface area contributed by atoms with E-state index >= 15 is 0 Å². The minimum absolute atomic E-state index is 0.00834. The van der Waals surface area contributed by atoms with Crippen LogP contribution >= 0.6 is 0 Å². The van der Waals surface area contributed by atoms with E-state index in [4.69, 9.17) is 32.8 Å². The lowest BCUT2D eigenvalue weighted by Crippen LogP contribution is -2.63. The summed E-state index contributed by atoms with van der Waals surface area (Å²) in [7, 11) is 0. The normalized spacial score (nSPS) is 23.1. The van der Waals surface area contributed by atoms with E-state index < -0.39 is 78.3 Å². The van der Waals surface area contributed by atoms with Gasteiger partial charge >= 0.3 is 29.5 Å². The van der Waals surface area contributed by atoms with Gasteiger partial charge in [-0.15, -0.1) is 0 Å². The Kier molecular flexibility index (Phi) is 8.22. The molecule has 1 fully saturated rings. The van der Waals surface area contributed by atoms with E-state index in [9.17, 15) is 34.2 Å². The summed E-state index contributed by atoms with van der Waals surface area (Å²) in [5.74, 6) is -4.79. The van der Waals surface area contributed by atoms with Gasteiger partial charge in [-0.25, -0.2) is 4.79 Å². The van der Waals surface area contributed by atoms with Gasteiger partial charge in [0.15, 0.2) is 18.0 Å². The molecule has 0 bridgehead atoms. The molecule has 0 spiro atoms. The number of aromatic hydroxyl groups is 2. The molecule has 1 aliphatic rings. The van der Waals surface area contributed by atoms with Gasteiger partial charge < -0.3 is 43.1 Å². The number of ether oxygens (including phenoxy) is 6. The van der Waals surface area contributed by atoms with Crippen LogP contribution in [0.5, 0.6) is 17.2 Å². The highest BCUT2D eigenvalue weighted by Crippen LogP contribution is 2.35. The maximum Gasteiger partial charge on any atom is 0.382 e. The first-order valence-electron chi connectivity index (χ1n) is 10.8. The van der Waals surface area contributed by atoms with Crippen molar-refractivity contribution in [2.75, 3.05) is 6.61 Å². The van der Waals surface area contributed by atoms with Crippen molar-refractivity contribution in [2.45, 2.75) is 58.4 Å². The molecule has 2 N–H and O–H groups in total. The third-order valence-electron chi connectivity index (χ3n) is 5.03. The standard InChI is InChI=1S/C23H24O14/c1-9(24)31-8-16-19(32-10(2)25)20(33-11(3)26)21(34-12(4)27)23(37-16)35-13-5-6-14-15(7-13)36-22(30)18(29)17(14)28/h5-7,16,19-21,23,28-29H,8H2,1-4H3/t16-,19-,20+,21+,23+/m1/s1. The molecule has 1 saturated heterocycles. The molecule has 14 nitrogen and oxygen atoms in total. The molecule has 3 rings (SSSR count). The van der Waals surface area contributed by atoms with Crippen LogP contribution < -0.4 is 10.4 Å². The molecule has 0 unspecified atom stereocenters. The van der Waals surface area contributed by atoms with Crippen LogP contribution in [-0.4, -0.2) is 71.4 Å². The molecule has 1 aromatic carbocycles. The first-order chi connectivity index (χ1) is 17.4. The number of hydrogen-bond acceptors (Lipinski definition) is 14. The fourth-order valence-corrected chi connectivity index (χ4v) is 3.65. The van der Waals surface area contributed by atoms with Crippen molar-refractivity contribution in [2.24, 2.45) is 0 Å². The predicted octanol–water partition coefficient (Wildman–Crippen LogP) is 0.666. The maximum absolute atomic E-state index is 11.9. The molecule has 5 atom stereocenters. The molecule has 1 aliphatic heterocycles. The first-order valence-corrected chi connectivity index (χ1v) is 10.8. The smallest absolute Gasteiger partial charge is 0.382 e. The van der Waals surface area contributed by atoms with Crippen molar-refractivity contribution >= 4 is 34.8 Å². The lowest BCUT2D eigenvalue weighted by molar-refractivity contribution is -0.288. The predicted molar refractivity (Wildman–Crippen MR) is 118 cm³/mol. The molecule has 0 aliphatic carbocycles. The first kappa shape index (κ1) is 27.3. The quantitative estimate of drug-likeness (QED) is 0.291. The van der Waals surface area contributed by atoms with Crippen molar-refractivity contribution in [3.63, 3.8) is 0 Å². The average Bonchev–Trinajstić information content (AvgIpc) is 2.79. The van der Waals surface area contributed by atoms with Gasteiger partial charge in [0, 0.05) is 33.8 Å². The van der Waals surface area contributed by atoms with Crippen molar-refractivity contribution in [1.29, 1.82) is 0 Å². The number of benzene rings is 1. The Labute approximate surface area is 208 Å². The van der Waals surface area contributed by atoms with Crippen LogP contribution in [0.2, 0.25) is 0 Å². The van der Waals surface area contributed by atoms with Crippen LogP contribution in [0.4, 0.5) is 0 Å². The van der Waals surface area contributed by atoms with Crippen molar-refractivity contribution in [3.05, 3.63) is 28.6 Å². The van der Waals surface area contributed by atoms with E-state index in [1.54, 1.807) is 0 Å². The highest BCUT2D eigenvalue weighted by atomic mass is 16.7. The Morgan fingerprint density at radius 3 is 2.03 bits per heavy atom. The summed E-state index contributed by atoms with van der Waals surface area (Å²) in [6.07, 6.45) is -7.03. The molecule has 200 valence electrons. The van der Waals surface area contributed by atoms with Gasteiger partial charge in [0.1, 0.15) is 24.0 Å². The fourth-order valence-electron chi connectivity index (χ4n) is 3.65. The Bertz CT molecular complexity index is 1260. The largest absolute Gasteiger partial charge is 0.504 e.